The Morgan fingerprint density at radius 2 is 1.25 bits per heavy atom. The molecule has 0 aliphatic heterocycles. The summed E-state index contributed by atoms with van der Waals surface area (Å²) >= 11 is 0. The van der Waals surface area contributed by atoms with Crippen molar-refractivity contribution in [1.82, 2.24) is 4.86 Å². The van der Waals surface area contributed by atoms with Gasteiger partial charge in [-0.3, -0.25) is 4.86 Å². The van der Waals surface area contributed by atoms with Crippen LogP contribution in [-0.4, -0.2) is 0 Å². The van der Waals surface area contributed by atoms with E-state index in [1.807, 2.05) is 0 Å². The second kappa shape index (κ2) is 8.82. The van der Waals surface area contributed by atoms with Crippen LogP contribution in [0.15, 0.2) is 0 Å². The number of nitrogens with one attached hydrogen (secondary N) is 1. The van der Waals surface area contributed by atoms with Gasteiger partial charge in [-0.25, -0.2) is 0 Å². The fraction of sp³-hybridized carbons (Fsp3) is 0. The van der Waals surface area contributed by atoms with E-state index in [4.69, 9.17) is 0 Å². The standard InChI is InChI=1S/H5NP2.Ru/c2-1-3;/h1H,2-3H2;. The normalized spacial score (nSPS) is 4.50. The van der Waals surface area contributed by atoms with Crippen LogP contribution in [0, 0.1) is 0 Å². The summed E-state index contributed by atoms with van der Waals surface area (Å²) in [5.41, 5.74) is 0. The van der Waals surface area contributed by atoms with Crippen LogP contribution < -0.4 is 4.86 Å². The van der Waals surface area contributed by atoms with E-state index in [1.54, 1.807) is 0 Å². The Morgan fingerprint density at radius 1 is 1.25 bits per heavy atom. The fourth-order valence-electron chi connectivity index (χ4n) is 0. The predicted molar refractivity (Wildman–Crippen MR) is 22.6 cm³/mol. The summed E-state index contributed by atoms with van der Waals surface area (Å²) in [4.78, 5) is 2.58. The minimum atomic E-state index is 0. The summed E-state index contributed by atoms with van der Waals surface area (Å²) in [5.74, 6) is 0. The predicted octanol–water partition coefficient (Wildman–Crippen LogP) is 0.154. The van der Waals surface area contributed by atoms with Gasteiger partial charge in [0.2, 0.25) is 0 Å². The number of hydrogen-bond acceptors (Lipinski definition) is 1. The number of rotatable bonds is 0. The summed E-state index contributed by atoms with van der Waals surface area (Å²) in [5, 5.41) is 0. The zero-order valence-electron chi connectivity index (χ0n) is 2.01. The molecule has 4 heavy (non-hydrogen) atoms. The van der Waals surface area contributed by atoms with Crippen molar-refractivity contribution in [2.75, 3.05) is 0 Å². The van der Waals surface area contributed by atoms with Crippen LogP contribution in [0.1, 0.15) is 0 Å². The average molecular weight is 182 g/mol. The maximum absolute atomic E-state index is 2.58. The molecule has 0 aliphatic rings. The maximum atomic E-state index is 2.58. The maximum Gasteiger partial charge on any atom is 0 e. The molecule has 0 saturated carbocycles. The van der Waals surface area contributed by atoms with Crippen LogP contribution in [0.3, 0.4) is 0 Å². The second-order valence-corrected chi connectivity index (χ2v) is 1.50. The van der Waals surface area contributed by atoms with Gasteiger partial charge in [-0.05, 0) is 0 Å². The SMILES string of the molecule is PNP.[Ru]. The first-order valence-electron chi connectivity index (χ1n) is 0.577. The minimum Gasteiger partial charge on any atom is -0.285 e. The summed E-state index contributed by atoms with van der Waals surface area (Å²) in [6.07, 6.45) is 0. The molecular weight excluding hydrogens is 177 g/mol. The van der Waals surface area contributed by atoms with Crippen LogP contribution in [0.25, 0.3) is 0 Å². The molecule has 0 bridgehead atoms. The molecule has 0 heterocycles. The van der Waals surface area contributed by atoms with Crippen LogP contribution in [0.2, 0.25) is 0 Å². The molecule has 0 spiro atoms. The molecule has 1 nitrogen and oxygen atoms in total. The van der Waals surface area contributed by atoms with E-state index < -0.39 is 0 Å². The van der Waals surface area contributed by atoms with Gasteiger partial charge in [0.15, 0.2) is 0 Å². The van der Waals surface area contributed by atoms with E-state index >= 15 is 0 Å². The molecule has 0 radical (unpaired) electrons. The molecule has 0 fully saturated rings. The van der Waals surface area contributed by atoms with Crippen LogP contribution in [-0.2, 0) is 19.5 Å². The van der Waals surface area contributed by atoms with Gasteiger partial charge in [-0.1, -0.05) is 18.8 Å². The van der Waals surface area contributed by atoms with Crippen molar-refractivity contribution in [2.24, 2.45) is 0 Å². The van der Waals surface area contributed by atoms with E-state index in [1.165, 1.54) is 0 Å². The van der Waals surface area contributed by atoms with E-state index in [-0.39, 0.29) is 19.5 Å². The zero-order chi connectivity index (χ0) is 2.71. The quantitative estimate of drug-likeness (QED) is 0.415. The van der Waals surface area contributed by atoms with Crippen LogP contribution in [0.5, 0.6) is 0 Å². The Balaban J connectivity index is 0. The Hall–Kier alpha value is 1.44. The average Bonchev–Trinajstić information content (AvgIpc) is 0.918. The Morgan fingerprint density at radius 3 is 1.25 bits per heavy atom. The van der Waals surface area contributed by atoms with Crippen molar-refractivity contribution in [1.29, 1.82) is 0 Å². The van der Waals surface area contributed by atoms with Crippen molar-refractivity contribution in [3.8, 4) is 0 Å². The van der Waals surface area contributed by atoms with Crippen LogP contribution >= 0.6 is 18.8 Å². The number of hydrogen-bond donors (Lipinski definition) is 1. The Kier molecular flexibility index (Phi) is 20.0. The van der Waals surface area contributed by atoms with E-state index in [2.05, 4.69) is 23.6 Å². The first-order valence-corrected chi connectivity index (χ1v) is 1.73. The third-order valence-electron chi connectivity index (χ3n) is 0. The molecule has 0 aromatic carbocycles. The monoisotopic (exact) mass is 183 g/mol. The fourth-order valence-corrected chi connectivity index (χ4v) is 0. The third kappa shape index (κ3) is 9.87. The summed E-state index contributed by atoms with van der Waals surface area (Å²) in [6, 6.07) is 0. The van der Waals surface area contributed by atoms with Crippen molar-refractivity contribution < 1.29 is 19.5 Å². The molecule has 0 rings (SSSR count). The summed E-state index contributed by atoms with van der Waals surface area (Å²) < 4.78 is 0. The van der Waals surface area contributed by atoms with Gasteiger partial charge in [0.25, 0.3) is 0 Å². The molecule has 28 valence electrons. The second-order valence-electron chi connectivity index (χ2n) is 0.167. The smallest absolute Gasteiger partial charge is 0 e. The van der Waals surface area contributed by atoms with E-state index in [9.17, 15) is 0 Å². The van der Waals surface area contributed by atoms with Gasteiger partial charge < -0.3 is 0 Å². The van der Waals surface area contributed by atoms with Crippen molar-refractivity contribution in [2.45, 2.75) is 0 Å². The Bertz CT molecular complexity index is 6.00. The van der Waals surface area contributed by atoms with Gasteiger partial charge in [0, 0.05) is 19.5 Å². The molecular formula is H5NP2Ru. The largest absolute Gasteiger partial charge is 0.285 e. The van der Waals surface area contributed by atoms with Gasteiger partial charge in [0.1, 0.15) is 0 Å². The van der Waals surface area contributed by atoms with Gasteiger partial charge in [-0.2, -0.15) is 0 Å². The first kappa shape index (κ1) is 9.06. The van der Waals surface area contributed by atoms with Crippen molar-refractivity contribution in [3.63, 3.8) is 0 Å². The molecule has 0 aliphatic carbocycles. The Labute approximate surface area is 43.6 Å². The van der Waals surface area contributed by atoms with Crippen molar-refractivity contribution >= 4 is 18.8 Å². The van der Waals surface area contributed by atoms with Gasteiger partial charge in [-0.15, -0.1) is 0 Å². The first-order chi connectivity index (χ1) is 1.41. The topological polar surface area (TPSA) is 12.0 Å². The van der Waals surface area contributed by atoms with Crippen molar-refractivity contribution in [3.05, 3.63) is 0 Å². The molecule has 0 saturated heterocycles. The molecule has 2 atom stereocenters. The van der Waals surface area contributed by atoms with E-state index in [0.29, 0.717) is 0 Å². The molecule has 2 unspecified atom stereocenters. The summed E-state index contributed by atoms with van der Waals surface area (Å²) in [7, 11) is 4.58. The van der Waals surface area contributed by atoms with E-state index in [0.717, 1.165) is 0 Å². The minimum absolute atomic E-state index is 0. The van der Waals surface area contributed by atoms with Gasteiger partial charge >= 0.3 is 0 Å². The zero-order valence-corrected chi connectivity index (χ0v) is 6.06. The molecule has 1 N–H and O–H groups in total. The molecule has 0 aromatic rings. The molecule has 0 amide bonds. The van der Waals surface area contributed by atoms with Crippen LogP contribution in [0.4, 0.5) is 0 Å². The summed E-state index contributed by atoms with van der Waals surface area (Å²) in [6.45, 7) is 0. The third-order valence-corrected chi connectivity index (χ3v) is 0. The van der Waals surface area contributed by atoms with Gasteiger partial charge in [0.05, 0.1) is 0 Å². The molecule has 0 aromatic heterocycles. The molecule has 4 heteroatoms.